The molecule has 1 aromatic rings. The minimum Gasteiger partial charge on any atom is -0.479 e. The third-order valence-corrected chi connectivity index (χ3v) is 4.85. The SMILES string of the molecule is CCOC1CC(NC(=O)c2cccc(NC(N)=O)c2)(C(=O)O)C1(C)C. The van der Waals surface area contributed by atoms with E-state index in [1.165, 1.54) is 12.1 Å². The van der Waals surface area contributed by atoms with Crippen LogP contribution >= 0.6 is 0 Å². The van der Waals surface area contributed by atoms with Gasteiger partial charge in [-0.1, -0.05) is 19.9 Å². The Morgan fingerprint density at radius 2 is 2.04 bits per heavy atom. The molecule has 1 aliphatic rings. The van der Waals surface area contributed by atoms with E-state index >= 15 is 0 Å². The van der Waals surface area contributed by atoms with Crippen molar-refractivity contribution in [3.8, 4) is 0 Å². The van der Waals surface area contributed by atoms with Gasteiger partial charge in [0.2, 0.25) is 0 Å². The van der Waals surface area contributed by atoms with Crippen LogP contribution in [0.25, 0.3) is 0 Å². The van der Waals surface area contributed by atoms with E-state index in [-0.39, 0.29) is 18.1 Å². The van der Waals surface area contributed by atoms with Gasteiger partial charge in [-0.15, -0.1) is 0 Å². The van der Waals surface area contributed by atoms with Crippen molar-refractivity contribution in [1.29, 1.82) is 0 Å². The van der Waals surface area contributed by atoms with Crippen LogP contribution in [0.2, 0.25) is 0 Å². The lowest BCUT2D eigenvalue weighted by Crippen LogP contribution is -2.76. The number of hydrogen-bond acceptors (Lipinski definition) is 4. The molecule has 0 saturated heterocycles. The lowest BCUT2D eigenvalue weighted by Gasteiger charge is -2.58. The van der Waals surface area contributed by atoms with Crippen LogP contribution in [0.5, 0.6) is 0 Å². The maximum Gasteiger partial charge on any atom is 0.330 e. The number of urea groups is 1. The minimum absolute atomic E-state index is 0.189. The molecule has 0 bridgehead atoms. The number of carboxylic acid groups (broad SMARTS) is 1. The molecule has 2 atom stereocenters. The zero-order chi connectivity index (χ0) is 18.8. The Morgan fingerprint density at radius 3 is 2.56 bits per heavy atom. The highest BCUT2D eigenvalue weighted by atomic mass is 16.5. The summed E-state index contributed by atoms with van der Waals surface area (Å²) in [5, 5.41) is 14.7. The fraction of sp³-hybridized carbons (Fsp3) is 0.471. The second kappa shape index (κ2) is 6.72. The smallest absolute Gasteiger partial charge is 0.330 e. The van der Waals surface area contributed by atoms with Gasteiger partial charge in [-0.05, 0) is 25.1 Å². The van der Waals surface area contributed by atoms with Crippen molar-refractivity contribution in [2.75, 3.05) is 11.9 Å². The van der Waals surface area contributed by atoms with Gasteiger partial charge >= 0.3 is 12.0 Å². The maximum atomic E-state index is 12.6. The van der Waals surface area contributed by atoms with Gasteiger partial charge in [0.25, 0.3) is 5.91 Å². The van der Waals surface area contributed by atoms with Crippen molar-refractivity contribution in [1.82, 2.24) is 5.32 Å². The number of benzene rings is 1. The van der Waals surface area contributed by atoms with E-state index in [1.54, 1.807) is 26.0 Å². The number of carboxylic acids is 1. The predicted molar refractivity (Wildman–Crippen MR) is 91.3 cm³/mol. The number of hydrogen-bond donors (Lipinski definition) is 4. The van der Waals surface area contributed by atoms with Crippen molar-refractivity contribution in [3.63, 3.8) is 0 Å². The third kappa shape index (κ3) is 3.30. The van der Waals surface area contributed by atoms with Gasteiger partial charge in [-0.25, -0.2) is 9.59 Å². The Labute approximate surface area is 145 Å². The zero-order valence-electron chi connectivity index (χ0n) is 14.5. The summed E-state index contributed by atoms with van der Waals surface area (Å²) in [5.74, 6) is -1.65. The van der Waals surface area contributed by atoms with Gasteiger partial charge < -0.3 is 26.2 Å². The summed E-state index contributed by atoms with van der Waals surface area (Å²) in [4.78, 5) is 35.4. The van der Waals surface area contributed by atoms with Crippen LogP contribution in [-0.2, 0) is 9.53 Å². The molecule has 1 aliphatic carbocycles. The number of rotatable bonds is 6. The van der Waals surface area contributed by atoms with E-state index < -0.39 is 28.9 Å². The molecule has 1 saturated carbocycles. The van der Waals surface area contributed by atoms with Crippen molar-refractivity contribution < 1.29 is 24.2 Å². The van der Waals surface area contributed by atoms with E-state index in [0.29, 0.717) is 12.3 Å². The van der Waals surface area contributed by atoms with Gasteiger partial charge in [0.05, 0.1) is 6.10 Å². The molecular weight excluding hydrogens is 326 g/mol. The van der Waals surface area contributed by atoms with Crippen LogP contribution < -0.4 is 16.4 Å². The molecule has 25 heavy (non-hydrogen) atoms. The quantitative estimate of drug-likeness (QED) is 0.619. The summed E-state index contributed by atoms with van der Waals surface area (Å²) in [5.41, 5.74) is 3.45. The van der Waals surface area contributed by atoms with Crippen molar-refractivity contribution in [2.24, 2.45) is 11.1 Å². The van der Waals surface area contributed by atoms with E-state index in [9.17, 15) is 19.5 Å². The van der Waals surface area contributed by atoms with E-state index in [1.807, 2.05) is 6.92 Å². The number of amides is 3. The standard InChI is InChI=1S/C17H23N3O5/c1-4-25-12-9-17(14(22)23,16(12,2)3)20-13(21)10-6-5-7-11(8-10)19-15(18)24/h5-8,12H,4,9H2,1-3H3,(H,20,21)(H,22,23)(H3,18,19,24). The van der Waals surface area contributed by atoms with E-state index in [4.69, 9.17) is 10.5 Å². The average Bonchev–Trinajstić information content (AvgIpc) is 2.52. The largest absolute Gasteiger partial charge is 0.479 e. The lowest BCUT2D eigenvalue weighted by molar-refractivity contribution is -0.190. The number of nitrogens with one attached hydrogen (secondary N) is 2. The van der Waals surface area contributed by atoms with Gasteiger partial charge in [0.15, 0.2) is 0 Å². The molecule has 0 radical (unpaired) electrons. The molecule has 0 heterocycles. The molecule has 2 unspecified atom stereocenters. The minimum atomic E-state index is -1.42. The summed E-state index contributed by atoms with van der Waals surface area (Å²) in [6.45, 7) is 5.83. The molecule has 0 aromatic heterocycles. The first-order valence-electron chi connectivity index (χ1n) is 7.98. The first-order valence-corrected chi connectivity index (χ1v) is 7.98. The first kappa shape index (κ1) is 18.7. The molecule has 0 spiro atoms. The highest BCUT2D eigenvalue weighted by Crippen LogP contribution is 2.51. The molecule has 1 aromatic carbocycles. The van der Waals surface area contributed by atoms with Gasteiger partial charge in [0, 0.05) is 29.7 Å². The monoisotopic (exact) mass is 349 g/mol. The Morgan fingerprint density at radius 1 is 1.36 bits per heavy atom. The summed E-state index contributed by atoms with van der Waals surface area (Å²) in [6, 6.07) is 5.36. The molecule has 136 valence electrons. The normalized spacial score (nSPS) is 24.0. The van der Waals surface area contributed by atoms with Gasteiger partial charge in [0.1, 0.15) is 5.54 Å². The van der Waals surface area contributed by atoms with Crippen LogP contribution in [0.3, 0.4) is 0 Å². The van der Waals surface area contributed by atoms with Crippen LogP contribution in [0.15, 0.2) is 24.3 Å². The van der Waals surface area contributed by atoms with Crippen molar-refractivity contribution >= 4 is 23.6 Å². The number of ether oxygens (including phenoxy) is 1. The Balaban J connectivity index is 2.23. The number of carbonyl (C=O) groups is 3. The van der Waals surface area contributed by atoms with Crippen LogP contribution in [0.4, 0.5) is 10.5 Å². The van der Waals surface area contributed by atoms with Gasteiger partial charge in [-0.2, -0.15) is 0 Å². The third-order valence-electron chi connectivity index (χ3n) is 4.85. The van der Waals surface area contributed by atoms with E-state index in [2.05, 4.69) is 10.6 Å². The number of aliphatic carboxylic acids is 1. The van der Waals surface area contributed by atoms with E-state index in [0.717, 1.165) is 0 Å². The molecule has 8 heteroatoms. The van der Waals surface area contributed by atoms with Crippen molar-refractivity contribution in [3.05, 3.63) is 29.8 Å². The van der Waals surface area contributed by atoms with Crippen LogP contribution in [-0.4, -0.2) is 41.3 Å². The average molecular weight is 349 g/mol. The zero-order valence-corrected chi connectivity index (χ0v) is 14.5. The Bertz CT molecular complexity index is 703. The fourth-order valence-corrected chi connectivity index (χ4v) is 3.18. The molecule has 0 aliphatic heterocycles. The molecule has 2 rings (SSSR count). The molecule has 5 N–H and O–H groups in total. The first-order chi connectivity index (χ1) is 11.6. The maximum absolute atomic E-state index is 12.6. The highest BCUT2D eigenvalue weighted by Gasteiger charge is 2.66. The predicted octanol–water partition coefficient (Wildman–Crippen LogP) is 1.57. The molecular formula is C17H23N3O5. The fourth-order valence-electron chi connectivity index (χ4n) is 3.18. The number of primary amides is 1. The number of anilines is 1. The molecule has 8 nitrogen and oxygen atoms in total. The topological polar surface area (TPSA) is 131 Å². The summed E-state index contributed by atoms with van der Waals surface area (Å²) in [6.07, 6.45) is -0.0644. The summed E-state index contributed by atoms with van der Waals surface area (Å²) in [7, 11) is 0. The summed E-state index contributed by atoms with van der Waals surface area (Å²) < 4.78 is 5.57. The number of carbonyl (C=O) groups excluding carboxylic acids is 2. The number of nitrogens with two attached hydrogens (primary N) is 1. The Hall–Kier alpha value is -2.61. The van der Waals surface area contributed by atoms with Crippen LogP contribution in [0, 0.1) is 5.41 Å². The van der Waals surface area contributed by atoms with Crippen molar-refractivity contribution in [2.45, 2.75) is 38.8 Å². The summed E-state index contributed by atoms with van der Waals surface area (Å²) >= 11 is 0. The second-order valence-corrected chi connectivity index (χ2v) is 6.60. The molecule has 1 fully saturated rings. The Kier molecular flexibility index (Phi) is 5.03. The lowest BCUT2D eigenvalue weighted by atomic mass is 9.54. The van der Waals surface area contributed by atoms with Crippen LogP contribution in [0.1, 0.15) is 37.6 Å². The molecule has 3 amide bonds. The van der Waals surface area contributed by atoms with Gasteiger partial charge in [-0.3, -0.25) is 4.79 Å². The highest BCUT2D eigenvalue weighted by molar-refractivity contribution is 6.00. The second-order valence-electron chi connectivity index (χ2n) is 6.60.